The Morgan fingerprint density at radius 3 is 2.49 bits per heavy atom. The summed E-state index contributed by atoms with van der Waals surface area (Å²) in [5.74, 6) is -0.328. The summed E-state index contributed by atoms with van der Waals surface area (Å²) in [5, 5.41) is 9.97. The molecule has 2 aliphatic rings. The van der Waals surface area contributed by atoms with Gasteiger partial charge in [-0.25, -0.2) is 4.79 Å². The third kappa shape index (κ3) is 5.62. The first-order chi connectivity index (χ1) is 16.8. The molecule has 1 N–H and O–H groups in total. The van der Waals surface area contributed by atoms with Gasteiger partial charge >= 0.3 is 5.97 Å². The van der Waals surface area contributed by atoms with Gasteiger partial charge in [0.05, 0.1) is 5.56 Å². The second-order valence-electron chi connectivity index (χ2n) is 10.0. The monoisotopic (exact) mass is 495 g/mol. The van der Waals surface area contributed by atoms with E-state index in [1.807, 2.05) is 12.3 Å². The molecule has 1 aliphatic heterocycles. The number of amides is 1. The van der Waals surface area contributed by atoms with Crippen molar-refractivity contribution in [3.8, 4) is 0 Å². The number of ether oxygens (including phenoxy) is 1. The van der Waals surface area contributed by atoms with E-state index in [2.05, 4.69) is 19.1 Å². The molecule has 0 bridgehead atoms. The SMILES string of the molecule is COCCC1=CN(c2ccc(C(=O)O)cc2)C(=O)C[C@@]1(C)c1ccc(CC2CCCCC2)c(Cl)c1. The van der Waals surface area contributed by atoms with Gasteiger partial charge < -0.3 is 9.84 Å². The Bertz CT molecular complexity index is 1100. The Morgan fingerprint density at radius 2 is 1.86 bits per heavy atom. The zero-order valence-electron chi connectivity index (χ0n) is 20.6. The van der Waals surface area contributed by atoms with Crippen LogP contribution in [0.1, 0.15) is 73.4 Å². The Balaban J connectivity index is 1.64. The third-order valence-electron chi connectivity index (χ3n) is 7.66. The summed E-state index contributed by atoms with van der Waals surface area (Å²) in [5.41, 5.74) is 3.65. The highest BCUT2D eigenvalue weighted by Gasteiger charge is 2.39. The van der Waals surface area contributed by atoms with Crippen LogP contribution in [0.15, 0.2) is 54.2 Å². The lowest BCUT2D eigenvalue weighted by Crippen LogP contribution is -2.41. The zero-order valence-corrected chi connectivity index (χ0v) is 21.3. The standard InChI is InChI=1S/C29H34ClNO4/c1-29(23-11-8-22(26(30)17-23)16-20-6-4-3-5-7-20)18-27(32)31(19-24(29)14-15-35-2)25-12-9-21(10-13-25)28(33)34/h8-13,17,19-20H,3-7,14-16,18H2,1-2H3,(H,33,34)/t29-/m0/s1. The number of carbonyl (C=O) groups excluding carboxylic acids is 1. The maximum absolute atomic E-state index is 13.3. The second kappa shape index (κ2) is 11.0. The van der Waals surface area contributed by atoms with Crippen molar-refractivity contribution in [1.82, 2.24) is 0 Å². The molecular formula is C29H34ClNO4. The van der Waals surface area contributed by atoms with Crippen LogP contribution in [-0.4, -0.2) is 30.7 Å². The number of methoxy groups -OCH3 is 1. The van der Waals surface area contributed by atoms with E-state index in [1.54, 1.807) is 24.1 Å². The molecule has 4 rings (SSSR count). The first-order valence-corrected chi connectivity index (χ1v) is 12.8. The number of halogens is 1. The second-order valence-corrected chi connectivity index (χ2v) is 10.4. The minimum absolute atomic E-state index is 0.0425. The lowest BCUT2D eigenvalue weighted by atomic mass is 9.70. The average Bonchev–Trinajstić information content (AvgIpc) is 2.85. The molecule has 0 unspecified atom stereocenters. The van der Waals surface area contributed by atoms with Crippen molar-refractivity contribution in [1.29, 1.82) is 0 Å². The Morgan fingerprint density at radius 1 is 1.14 bits per heavy atom. The molecule has 35 heavy (non-hydrogen) atoms. The van der Waals surface area contributed by atoms with Crippen LogP contribution in [0, 0.1) is 5.92 Å². The fourth-order valence-corrected chi connectivity index (χ4v) is 5.71. The molecule has 2 aromatic rings. The lowest BCUT2D eigenvalue weighted by molar-refractivity contribution is -0.119. The quantitative estimate of drug-likeness (QED) is 0.438. The largest absolute Gasteiger partial charge is 0.478 e. The first kappa shape index (κ1) is 25.5. The highest BCUT2D eigenvalue weighted by atomic mass is 35.5. The van der Waals surface area contributed by atoms with E-state index in [1.165, 1.54) is 49.8 Å². The number of carbonyl (C=O) groups is 2. The number of rotatable bonds is 8. The molecule has 1 amide bonds. The molecule has 0 aromatic heterocycles. The van der Waals surface area contributed by atoms with Crippen LogP contribution in [-0.2, 0) is 21.4 Å². The van der Waals surface area contributed by atoms with Crippen LogP contribution in [0.2, 0.25) is 5.02 Å². The van der Waals surface area contributed by atoms with E-state index < -0.39 is 11.4 Å². The van der Waals surface area contributed by atoms with Crippen molar-refractivity contribution in [2.75, 3.05) is 18.6 Å². The van der Waals surface area contributed by atoms with Crippen LogP contribution in [0.5, 0.6) is 0 Å². The number of carboxylic acids is 1. The maximum atomic E-state index is 13.3. The maximum Gasteiger partial charge on any atom is 0.335 e. The van der Waals surface area contributed by atoms with E-state index in [0.29, 0.717) is 31.1 Å². The third-order valence-corrected chi connectivity index (χ3v) is 8.01. The molecule has 0 saturated heterocycles. The molecule has 186 valence electrons. The summed E-state index contributed by atoms with van der Waals surface area (Å²) in [6.45, 7) is 2.64. The first-order valence-electron chi connectivity index (χ1n) is 12.5. The predicted molar refractivity (Wildman–Crippen MR) is 139 cm³/mol. The fraction of sp³-hybridized carbons (Fsp3) is 0.448. The number of hydrogen-bond donors (Lipinski definition) is 1. The lowest BCUT2D eigenvalue weighted by Gasteiger charge is -2.39. The minimum Gasteiger partial charge on any atom is -0.478 e. The van der Waals surface area contributed by atoms with Gasteiger partial charge in [-0.1, -0.05) is 62.8 Å². The molecule has 2 aromatic carbocycles. The van der Waals surface area contributed by atoms with Gasteiger partial charge in [-0.05, 0) is 65.8 Å². The van der Waals surface area contributed by atoms with Gasteiger partial charge in [-0.2, -0.15) is 0 Å². The zero-order chi connectivity index (χ0) is 25.0. The molecule has 1 aliphatic carbocycles. The van der Waals surface area contributed by atoms with Crippen LogP contribution in [0.25, 0.3) is 0 Å². The molecular weight excluding hydrogens is 462 g/mol. The van der Waals surface area contributed by atoms with Gasteiger partial charge in [0.1, 0.15) is 0 Å². The minimum atomic E-state index is -0.991. The number of aromatic carboxylic acids is 1. The van der Waals surface area contributed by atoms with Gasteiger partial charge in [0.2, 0.25) is 5.91 Å². The smallest absolute Gasteiger partial charge is 0.335 e. The van der Waals surface area contributed by atoms with Crippen molar-refractivity contribution < 1.29 is 19.4 Å². The summed E-state index contributed by atoms with van der Waals surface area (Å²) in [6.07, 6.45) is 10.4. The van der Waals surface area contributed by atoms with E-state index >= 15 is 0 Å². The topological polar surface area (TPSA) is 66.8 Å². The van der Waals surface area contributed by atoms with E-state index in [4.69, 9.17) is 16.3 Å². The Hall–Kier alpha value is -2.63. The molecule has 1 fully saturated rings. The number of anilines is 1. The van der Waals surface area contributed by atoms with Crippen molar-refractivity contribution in [3.05, 3.63) is 76.0 Å². The molecule has 0 spiro atoms. The Labute approximate surface area is 212 Å². The fourth-order valence-electron chi connectivity index (χ4n) is 5.45. The summed E-state index contributed by atoms with van der Waals surface area (Å²) in [7, 11) is 1.67. The van der Waals surface area contributed by atoms with Gasteiger partial charge in [0.15, 0.2) is 0 Å². The van der Waals surface area contributed by atoms with Crippen LogP contribution >= 0.6 is 11.6 Å². The summed E-state index contributed by atoms with van der Waals surface area (Å²) < 4.78 is 5.38. The molecule has 0 radical (unpaired) electrons. The van der Waals surface area contributed by atoms with Crippen molar-refractivity contribution in [2.45, 2.75) is 63.7 Å². The summed E-state index contributed by atoms with van der Waals surface area (Å²) in [4.78, 5) is 26.2. The van der Waals surface area contributed by atoms with Crippen LogP contribution in [0.3, 0.4) is 0 Å². The summed E-state index contributed by atoms with van der Waals surface area (Å²) >= 11 is 6.80. The van der Waals surface area contributed by atoms with Crippen molar-refractivity contribution in [2.24, 2.45) is 5.92 Å². The average molecular weight is 496 g/mol. The predicted octanol–water partition coefficient (Wildman–Crippen LogP) is 6.78. The van der Waals surface area contributed by atoms with Gasteiger partial charge in [-0.3, -0.25) is 9.69 Å². The van der Waals surface area contributed by atoms with Crippen LogP contribution < -0.4 is 4.90 Å². The number of hydrogen-bond acceptors (Lipinski definition) is 3. The number of nitrogens with zero attached hydrogens (tertiary/aromatic N) is 1. The normalized spacial score (nSPS) is 21.2. The molecule has 5 nitrogen and oxygen atoms in total. The van der Waals surface area contributed by atoms with Gasteiger partial charge in [-0.15, -0.1) is 0 Å². The number of benzene rings is 2. The summed E-state index contributed by atoms with van der Waals surface area (Å²) in [6, 6.07) is 12.7. The van der Waals surface area contributed by atoms with Crippen molar-refractivity contribution >= 4 is 29.2 Å². The van der Waals surface area contributed by atoms with Gasteiger partial charge in [0, 0.05) is 42.5 Å². The Kier molecular flexibility index (Phi) is 7.98. The van der Waals surface area contributed by atoms with E-state index in [-0.39, 0.29) is 11.5 Å². The number of carboxylic acid groups (broad SMARTS) is 1. The molecule has 1 atom stereocenters. The van der Waals surface area contributed by atoms with Crippen LogP contribution in [0.4, 0.5) is 5.69 Å². The van der Waals surface area contributed by atoms with E-state index in [0.717, 1.165) is 22.6 Å². The van der Waals surface area contributed by atoms with E-state index in [9.17, 15) is 14.7 Å². The van der Waals surface area contributed by atoms with Crippen molar-refractivity contribution in [3.63, 3.8) is 0 Å². The highest BCUT2D eigenvalue weighted by Crippen LogP contribution is 2.43. The molecule has 6 heteroatoms. The molecule has 1 saturated carbocycles. The molecule has 1 heterocycles. The van der Waals surface area contributed by atoms with Gasteiger partial charge in [0.25, 0.3) is 0 Å². The highest BCUT2D eigenvalue weighted by molar-refractivity contribution is 6.31.